The molecule has 0 aliphatic carbocycles. The zero-order chi connectivity index (χ0) is 7.72. The Hall–Kier alpha value is -0.670. The van der Waals surface area contributed by atoms with E-state index in [1.54, 1.807) is 0 Å². The Labute approximate surface area is 66.7 Å². The van der Waals surface area contributed by atoms with Crippen molar-refractivity contribution in [1.29, 1.82) is 0 Å². The Morgan fingerprint density at radius 2 is 2.20 bits per heavy atom. The molecule has 0 atom stereocenters. The number of amides is 1. The summed E-state index contributed by atoms with van der Waals surface area (Å²) in [5.41, 5.74) is 4.85. The van der Waals surface area contributed by atoms with Crippen LogP contribution in [0.3, 0.4) is 0 Å². The van der Waals surface area contributed by atoms with Crippen molar-refractivity contribution in [2.75, 3.05) is 0 Å². The molecule has 0 saturated carbocycles. The Bertz CT molecular complexity index is 249. The average Bonchev–Trinajstić information content (AvgIpc) is 2.13. The summed E-state index contributed by atoms with van der Waals surface area (Å²) in [5, 5.41) is 0.172. The highest BCUT2D eigenvalue weighted by Crippen LogP contribution is 2.24. The first-order valence-electron chi connectivity index (χ1n) is 2.36. The summed E-state index contributed by atoms with van der Waals surface area (Å²) in [6.07, 6.45) is 0. The van der Waals surface area contributed by atoms with Gasteiger partial charge in [-0.1, -0.05) is 11.6 Å². The number of halogens is 2. The fourth-order valence-electron chi connectivity index (χ4n) is 0.468. The number of hydrogen-bond acceptors (Lipinski definition) is 2. The van der Waals surface area contributed by atoms with Gasteiger partial charge in [0.15, 0.2) is 5.76 Å². The molecule has 10 heavy (non-hydrogen) atoms. The van der Waals surface area contributed by atoms with Crippen molar-refractivity contribution in [3.05, 3.63) is 22.1 Å². The van der Waals surface area contributed by atoms with E-state index < -0.39 is 5.91 Å². The first kappa shape index (κ1) is 7.44. The van der Waals surface area contributed by atoms with E-state index in [-0.39, 0.29) is 16.0 Å². The fourth-order valence-corrected chi connectivity index (χ4v) is 0.743. The molecule has 0 saturated heterocycles. The zero-order valence-corrected chi connectivity index (χ0v) is 6.24. The number of rotatable bonds is 1. The molecule has 0 bridgehead atoms. The van der Waals surface area contributed by atoms with Crippen LogP contribution in [-0.2, 0) is 0 Å². The molecule has 1 aromatic rings. The molecular weight excluding hydrogens is 177 g/mol. The second kappa shape index (κ2) is 2.52. The number of furan rings is 1. The molecule has 54 valence electrons. The molecular formula is C5H3Cl2NO2. The van der Waals surface area contributed by atoms with Crippen LogP contribution in [0.2, 0.25) is 10.2 Å². The Morgan fingerprint density at radius 1 is 1.60 bits per heavy atom. The van der Waals surface area contributed by atoms with E-state index in [9.17, 15) is 4.79 Å². The normalized spacial score (nSPS) is 9.80. The van der Waals surface area contributed by atoms with E-state index in [0.717, 1.165) is 0 Å². The van der Waals surface area contributed by atoms with Gasteiger partial charge in [-0.15, -0.1) is 0 Å². The van der Waals surface area contributed by atoms with Crippen LogP contribution in [0.1, 0.15) is 10.6 Å². The van der Waals surface area contributed by atoms with Gasteiger partial charge in [0, 0.05) is 6.07 Å². The van der Waals surface area contributed by atoms with Crippen molar-refractivity contribution in [3.63, 3.8) is 0 Å². The molecule has 1 amide bonds. The van der Waals surface area contributed by atoms with Gasteiger partial charge in [0.25, 0.3) is 5.91 Å². The maximum absolute atomic E-state index is 10.4. The van der Waals surface area contributed by atoms with Crippen molar-refractivity contribution in [1.82, 2.24) is 0 Å². The predicted molar refractivity (Wildman–Crippen MR) is 37.2 cm³/mol. The van der Waals surface area contributed by atoms with E-state index in [0.29, 0.717) is 0 Å². The van der Waals surface area contributed by atoms with Crippen LogP contribution in [0.25, 0.3) is 0 Å². The lowest BCUT2D eigenvalue weighted by Crippen LogP contribution is -2.08. The summed E-state index contributed by atoms with van der Waals surface area (Å²) in [6.45, 7) is 0. The average molecular weight is 180 g/mol. The van der Waals surface area contributed by atoms with Crippen molar-refractivity contribution in [2.24, 2.45) is 5.73 Å². The van der Waals surface area contributed by atoms with Crippen LogP contribution < -0.4 is 5.73 Å². The van der Waals surface area contributed by atoms with E-state index in [1.807, 2.05) is 0 Å². The summed E-state index contributed by atoms with van der Waals surface area (Å²) < 4.78 is 4.63. The minimum absolute atomic E-state index is 0.0181. The summed E-state index contributed by atoms with van der Waals surface area (Å²) in [5.74, 6) is -0.719. The summed E-state index contributed by atoms with van der Waals surface area (Å²) in [4.78, 5) is 10.4. The molecule has 0 spiro atoms. The first-order chi connectivity index (χ1) is 4.61. The Balaban J connectivity index is 3.10. The summed E-state index contributed by atoms with van der Waals surface area (Å²) >= 11 is 10.8. The molecule has 1 heterocycles. The SMILES string of the molecule is NC(=O)c1cc(Cl)c(Cl)o1. The van der Waals surface area contributed by atoms with Gasteiger partial charge in [-0.25, -0.2) is 0 Å². The van der Waals surface area contributed by atoms with E-state index in [1.165, 1.54) is 6.07 Å². The fraction of sp³-hybridized carbons (Fsp3) is 0. The highest BCUT2D eigenvalue weighted by Gasteiger charge is 2.10. The maximum Gasteiger partial charge on any atom is 0.284 e. The van der Waals surface area contributed by atoms with Crippen LogP contribution in [0.15, 0.2) is 10.5 Å². The quantitative estimate of drug-likeness (QED) is 0.714. The van der Waals surface area contributed by atoms with Crippen LogP contribution in [0.4, 0.5) is 0 Å². The number of carbonyl (C=O) groups excluding carboxylic acids is 1. The molecule has 0 aliphatic rings. The van der Waals surface area contributed by atoms with Crippen molar-refractivity contribution in [3.8, 4) is 0 Å². The molecule has 0 fully saturated rings. The monoisotopic (exact) mass is 179 g/mol. The third-order valence-electron chi connectivity index (χ3n) is 0.888. The summed E-state index contributed by atoms with van der Waals surface area (Å²) in [6, 6.07) is 1.27. The number of primary amides is 1. The second-order valence-electron chi connectivity index (χ2n) is 1.60. The van der Waals surface area contributed by atoms with Crippen LogP contribution in [0.5, 0.6) is 0 Å². The molecule has 1 rings (SSSR count). The Kier molecular flexibility index (Phi) is 1.87. The van der Waals surface area contributed by atoms with Gasteiger partial charge in [-0.05, 0) is 11.6 Å². The minimum atomic E-state index is -0.686. The maximum atomic E-state index is 10.4. The van der Waals surface area contributed by atoms with Gasteiger partial charge in [0.1, 0.15) is 0 Å². The Morgan fingerprint density at radius 3 is 2.40 bits per heavy atom. The highest BCUT2D eigenvalue weighted by molar-refractivity contribution is 6.41. The van der Waals surface area contributed by atoms with E-state index in [4.69, 9.17) is 28.9 Å². The summed E-state index contributed by atoms with van der Waals surface area (Å²) in [7, 11) is 0. The molecule has 2 N–H and O–H groups in total. The standard InChI is InChI=1S/C5H3Cl2NO2/c6-2-1-3(5(8)9)10-4(2)7/h1H,(H2,8,9). The molecule has 0 aromatic carbocycles. The predicted octanol–water partition coefficient (Wildman–Crippen LogP) is 1.69. The number of nitrogens with two attached hydrogens (primary N) is 1. The van der Waals surface area contributed by atoms with Crippen molar-refractivity contribution in [2.45, 2.75) is 0 Å². The lowest BCUT2D eigenvalue weighted by Gasteiger charge is -1.81. The third-order valence-corrected chi connectivity index (χ3v) is 1.55. The van der Waals surface area contributed by atoms with Crippen LogP contribution in [0, 0.1) is 0 Å². The van der Waals surface area contributed by atoms with Gasteiger partial charge in [-0.3, -0.25) is 4.79 Å². The van der Waals surface area contributed by atoms with E-state index >= 15 is 0 Å². The topological polar surface area (TPSA) is 56.2 Å². The first-order valence-corrected chi connectivity index (χ1v) is 3.11. The van der Waals surface area contributed by atoms with Crippen molar-refractivity contribution >= 4 is 29.1 Å². The van der Waals surface area contributed by atoms with Gasteiger partial charge in [0.2, 0.25) is 5.22 Å². The van der Waals surface area contributed by atoms with Crippen molar-refractivity contribution < 1.29 is 9.21 Å². The van der Waals surface area contributed by atoms with Gasteiger partial charge in [0.05, 0.1) is 5.02 Å². The third kappa shape index (κ3) is 1.25. The molecule has 0 unspecified atom stereocenters. The molecule has 0 aliphatic heterocycles. The molecule has 3 nitrogen and oxygen atoms in total. The zero-order valence-electron chi connectivity index (χ0n) is 4.73. The molecule has 0 radical (unpaired) electrons. The van der Waals surface area contributed by atoms with Crippen LogP contribution in [-0.4, -0.2) is 5.91 Å². The van der Waals surface area contributed by atoms with Gasteiger partial charge >= 0.3 is 0 Å². The van der Waals surface area contributed by atoms with Gasteiger partial charge in [-0.2, -0.15) is 0 Å². The molecule has 1 aromatic heterocycles. The lowest BCUT2D eigenvalue weighted by molar-refractivity contribution is 0.0974. The largest absolute Gasteiger partial charge is 0.438 e. The minimum Gasteiger partial charge on any atom is -0.438 e. The number of carbonyl (C=O) groups is 1. The van der Waals surface area contributed by atoms with Gasteiger partial charge < -0.3 is 10.2 Å². The lowest BCUT2D eigenvalue weighted by atomic mass is 10.4. The second-order valence-corrected chi connectivity index (χ2v) is 2.35. The smallest absolute Gasteiger partial charge is 0.284 e. The van der Waals surface area contributed by atoms with Crippen LogP contribution >= 0.6 is 23.2 Å². The number of hydrogen-bond donors (Lipinski definition) is 1. The molecule has 5 heteroatoms. The highest BCUT2D eigenvalue weighted by atomic mass is 35.5. The van der Waals surface area contributed by atoms with E-state index in [2.05, 4.69) is 4.42 Å².